The van der Waals surface area contributed by atoms with Crippen LogP contribution in [0.4, 0.5) is 0 Å². The molecule has 4 amide bonds. The summed E-state index contributed by atoms with van der Waals surface area (Å²) in [6, 6.07) is 0.548. The molecule has 14 heteroatoms. The largest absolute Gasteiger partial charge is 0.508 e. The van der Waals surface area contributed by atoms with E-state index in [-0.39, 0.29) is 25.0 Å². The van der Waals surface area contributed by atoms with Gasteiger partial charge in [0, 0.05) is 6.42 Å². The van der Waals surface area contributed by atoms with Crippen molar-refractivity contribution in [3.05, 3.63) is 29.8 Å². The van der Waals surface area contributed by atoms with Gasteiger partial charge in [0.25, 0.3) is 0 Å². The molecule has 14 nitrogen and oxygen atoms in total. The molecule has 4 unspecified atom stereocenters. The van der Waals surface area contributed by atoms with Crippen molar-refractivity contribution in [3.8, 4) is 5.75 Å². The van der Waals surface area contributed by atoms with Crippen LogP contribution in [0.25, 0.3) is 0 Å². The van der Waals surface area contributed by atoms with Crippen molar-refractivity contribution < 1.29 is 44.1 Å². The number of carbonyl (C=O) groups excluding carboxylic acids is 4. The number of hydrogen-bond acceptors (Lipinski definition) is 8. The minimum absolute atomic E-state index is 0.0331. The van der Waals surface area contributed by atoms with Crippen LogP contribution in [0.15, 0.2) is 24.3 Å². The average Bonchev–Trinajstić information content (AvgIpc) is 2.76. The van der Waals surface area contributed by atoms with Gasteiger partial charge in [-0.1, -0.05) is 12.1 Å². The molecule has 0 aliphatic rings. The molecule has 0 aliphatic carbocycles. The second-order valence-electron chi connectivity index (χ2n) is 7.77. The predicted octanol–water partition coefficient (Wildman–Crippen LogP) is -2.44. The van der Waals surface area contributed by atoms with Crippen LogP contribution in [0.5, 0.6) is 5.75 Å². The molecule has 192 valence electrons. The third-order valence-electron chi connectivity index (χ3n) is 4.79. The minimum Gasteiger partial charge on any atom is -0.508 e. The van der Waals surface area contributed by atoms with Crippen LogP contribution in [-0.2, 0) is 35.2 Å². The lowest BCUT2D eigenvalue weighted by molar-refractivity contribution is -0.147. The van der Waals surface area contributed by atoms with Crippen LogP contribution < -0.4 is 27.4 Å². The normalized spacial score (nSPS) is 14.0. The number of carboxylic acids is 2. The Morgan fingerprint density at radius 3 is 1.97 bits per heavy atom. The highest BCUT2D eigenvalue weighted by Crippen LogP contribution is 2.11. The smallest absolute Gasteiger partial charge is 0.326 e. The fraction of sp³-hybridized carbons (Fsp3) is 0.429. The summed E-state index contributed by atoms with van der Waals surface area (Å²) in [6.45, 7) is 1.22. The first-order valence-electron chi connectivity index (χ1n) is 10.5. The van der Waals surface area contributed by atoms with E-state index in [4.69, 9.17) is 21.7 Å². The van der Waals surface area contributed by atoms with Crippen LogP contribution >= 0.6 is 0 Å². The third-order valence-corrected chi connectivity index (χ3v) is 4.79. The quantitative estimate of drug-likeness (QED) is 0.135. The summed E-state index contributed by atoms with van der Waals surface area (Å²) in [6.07, 6.45) is -1.27. The highest BCUT2D eigenvalue weighted by atomic mass is 16.4. The molecule has 35 heavy (non-hydrogen) atoms. The summed E-state index contributed by atoms with van der Waals surface area (Å²) in [5, 5.41) is 33.8. The molecule has 0 spiro atoms. The number of aromatic hydroxyl groups is 1. The van der Waals surface area contributed by atoms with Crippen molar-refractivity contribution in [2.24, 2.45) is 11.5 Å². The van der Waals surface area contributed by atoms with Crippen LogP contribution in [0.1, 0.15) is 31.7 Å². The SMILES string of the molecule is CC(NC(=O)C(CCC(N)=O)NC(=O)C(N)Cc1ccc(O)cc1)C(=O)NC(CC(=O)O)C(=O)O. The fourth-order valence-corrected chi connectivity index (χ4v) is 2.86. The number of hydrogen-bond donors (Lipinski definition) is 8. The number of phenolic OH excluding ortho intramolecular Hbond substituents is 1. The van der Waals surface area contributed by atoms with Crippen LogP contribution in [0.2, 0.25) is 0 Å². The van der Waals surface area contributed by atoms with Gasteiger partial charge in [0.1, 0.15) is 23.9 Å². The summed E-state index contributed by atoms with van der Waals surface area (Å²) in [4.78, 5) is 70.5. The second-order valence-corrected chi connectivity index (χ2v) is 7.77. The average molecular weight is 495 g/mol. The second kappa shape index (κ2) is 13.5. The molecule has 1 rings (SSSR count). The first-order valence-corrected chi connectivity index (χ1v) is 10.5. The first-order chi connectivity index (χ1) is 16.3. The fourth-order valence-electron chi connectivity index (χ4n) is 2.86. The summed E-state index contributed by atoms with van der Waals surface area (Å²) < 4.78 is 0. The molecular formula is C21H29N5O9. The van der Waals surface area contributed by atoms with Crippen LogP contribution in [0, 0.1) is 0 Å². The van der Waals surface area contributed by atoms with E-state index >= 15 is 0 Å². The maximum atomic E-state index is 12.7. The van der Waals surface area contributed by atoms with E-state index in [1.807, 2.05) is 5.32 Å². The molecule has 1 aromatic rings. The molecule has 0 aromatic heterocycles. The van der Waals surface area contributed by atoms with Gasteiger partial charge in [-0.05, 0) is 37.5 Å². The monoisotopic (exact) mass is 495 g/mol. The van der Waals surface area contributed by atoms with Gasteiger partial charge in [-0.2, -0.15) is 0 Å². The number of aliphatic carboxylic acids is 2. The van der Waals surface area contributed by atoms with Gasteiger partial charge in [0.15, 0.2) is 0 Å². The third kappa shape index (κ3) is 10.5. The lowest BCUT2D eigenvalue weighted by atomic mass is 10.0. The minimum atomic E-state index is -1.72. The number of carboxylic acid groups (broad SMARTS) is 2. The van der Waals surface area contributed by atoms with Crippen molar-refractivity contribution in [1.29, 1.82) is 0 Å². The molecule has 10 N–H and O–H groups in total. The topological polar surface area (TPSA) is 251 Å². The van der Waals surface area contributed by atoms with E-state index in [1.165, 1.54) is 19.1 Å². The number of carbonyl (C=O) groups is 6. The predicted molar refractivity (Wildman–Crippen MR) is 120 cm³/mol. The number of benzene rings is 1. The van der Waals surface area contributed by atoms with Crippen molar-refractivity contribution in [1.82, 2.24) is 16.0 Å². The molecule has 4 atom stereocenters. The van der Waals surface area contributed by atoms with Crippen molar-refractivity contribution in [2.45, 2.75) is 56.8 Å². The van der Waals surface area contributed by atoms with E-state index in [2.05, 4.69) is 10.6 Å². The highest BCUT2D eigenvalue weighted by molar-refractivity contribution is 5.94. The molecule has 0 radical (unpaired) electrons. The Balaban J connectivity index is 2.82. The van der Waals surface area contributed by atoms with Crippen molar-refractivity contribution >= 4 is 35.6 Å². The summed E-state index contributed by atoms with van der Waals surface area (Å²) >= 11 is 0. The number of phenols is 1. The van der Waals surface area contributed by atoms with Gasteiger partial charge in [-0.3, -0.25) is 24.0 Å². The zero-order chi connectivity index (χ0) is 26.7. The van der Waals surface area contributed by atoms with Crippen molar-refractivity contribution in [3.63, 3.8) is 0 Å². The first kappa shape index (κ1) is 28.8. The zero-order valence-electron chi connectivity index (χ0n) is 18.9. The van der Waals surface area contributed by atoms with Crippen LogP contribution in [-0.4, -0.2) is 75.1 Å². The zero-order valence-corrected chi connectivity index (χ0v) is 18.9. The van der Waals surface area contributed by atoms with Crippen LogP contribution in [0.3, 0.4) is 0 Å². The Morgan fingerprint density at radius 2 is 1.46 bits per heavy atom. The molecule has 0 saturated carbocycles. The van der Waals surface area contributed by atoms with Gasteiger partial charge in [0.05, 0.1) is 12.5 Å². The Labute approximate surface area is 200 Å². The van der Waals surface area contributed by atoms with Gasteiger partial charge in [0.2, 0.25) is 23.6 Å². The van der Waals surface area contributed by atoms with Gasteiger partial charge in [-0.15, -0.1) is 0 Å². The Bertz CT molecular complexity index is 951. The van der Waals surface area contributed by atoms with E-state index in [9.17, 15) is 33.9 Å². The van der Waals surface area contributed by atoms with E-state index in [0.29, 0.717) is 5.56 Å². The van der Waals surface area contributed by atoms with E-state index in [1.54, 1.807) is 12.1 Å². The maximum Gasteiger partial charge on any atom is 0.326 e. The number of rotatable bonds is 14. The Morgan fingerprint density at radius 1 is 0.886 bits per heavy atom. The summed E-state index contributed by atoms with van der Waals surface area (Å²) in [5.74, 6) is -6.31. The lowest BCUT2D eigenvalue weighted by Crippen LogP contribution is -2.56. The van der Waals surface area contributed by atoms with E-state index in [0.717, 1.165) is 0 Å². The molecule has 0 bridgehead atoms. The molecule has 1 aromatic carbocycles. The van der Waals surface area contributed by atoms with Gasteiger partial charge >= 0.3 is 11.9 Å². The Hall–Kier alpha value is -4.20. The molecule has 0 heterocycles. The number of nitrogens with two attached hydrogens (primary N) is 2. The molecule has 0 saturated heterocycles. The molecule has 0 fully saturated rings. The molecule has 0 aliphatic heterocycles. The highest BCUT2D eigenvalue weighted by Gasteiger charge is 2.29. The van der Waals surface area contributed by atoms with Gasteiger partial charge < -0.3 is 42.7 Å². The summed E-state index contributed by atoms with van der Waals surface area (Å²) in [5.41, 5.74) is 11.7. The van der Waals surface area contributed by atoms with Gasteiger partial charge in [-0.25, -0.2) is 4.79 Å². The summed E-state index contributed by atoms with van der Waals surface area (Å²) in [7, 11) is 0. The lowest BCUT2D eigenvalue weighted by Gasteiger charge is -2.23. The molecular weight excluding hydrogens is 466 g/mol. The number of amides is 4. The number of primary amides is 1. The van der Waals surface area contributed by atoms with E-state index < -0.39 is 66.2 Å². The number of nitrogens with one attached hydrogen (secondary N) is 3. The maximum absolute atomic E-state index is 12.7. The standard InChI is InChI=1S/C21H29N5O9/c1-10(18(31)26-15(21(34)35)9-17(29)30)24-20(33)14(6-7-16(23)28)25-19(32)13(22)8-11-2-4-12(27)5-3-11/h2-5,10,13-15,27H,6-9,22H2,1H3,(H2,23,28)(H,24,33)(H,25,32)(H,26,31)(H,29,30)(H,34,35). The Kier molecular flexibility index (Phi) is 11.1. The van der Waals surface area contributed by atoms with Crippen molar-refractivity contribution in [2.75, 3.05) is 0 Å².